The van der Waals surface area contributed by atoms with Crippen molar-refractivity contribution in [1.82, 2.24) is 4.98 Å². The molecule has 0 aliphatic carbocycles. The predicted octanol–water partition coefficient (Wildman–Crippen LogP) is 2.56. The van der Waals surface area contributed by atoms with Gasteiger partial charge in [-0.3, -0.25) is 4.98 Å². The summed E-state index contributed by atoms with van der Waals surface area (Å²) in [5.41, 5.74) is 0.778. The van der Waals surface area contributed by atoms with Crippen LogP contribution >= 0.6 is 11.6 Å². The first-order valence-electron chi connectivity index (χ1n) is 4.04. The van der Waals surface area contributed by atoms with Crippen LogP contribution in [0.15, 0.2) is 6.07 Å². The average Bonchev–Trinajstić information content (AvgIpc) is 2.16. The maximum absolute atomic E-state index is 12.5. The fourth-order valence-electron chi connectivity index (χ4n) is 1.27. The molecule has 0 spiro atoms. The smallest absolute Gasteiger partial charge is 0.264 e. The molecule has 1 rings (SSSR count). The van der Waals surface area contributed by atoms with Crippen molar-refractivity contribution in [2.75, 3.05) is 0 Å². The van der Waals surface area contributed by atoms with Gasteiger partial charge < -0.3 is 5.11 Å². The molecule has 0 saturated carbocycles. The lowest BCUT2D eigenvalue weighted by Crippen LogP contribution is -2.03. The first kappa shape index (κ1) is 11.3. The van der Waals surface area contributed by atoms with Crippen molar-refractivity contribution in [1.29, 1.82) is 0 Å². The van der Waals surface area contributed by atoms with Gasteiger partial charge in [0.25, 0.3) is 6.43 Å². The van der Waals surface area contributed by atoms with Crippen LogP contribution in [0.2, 0.25) is 0 Å². The third kappa shape index (κ3) is 2.19. The summed E-state index contributed by atoms with van der Waals surface area (Å²) in [5.74, 6) is -0.0666. The van der Waals surface area contributed by atoms with Crippen LogP contribution in [0.1, 0.15) is 28.9 Å². The van der Waals surface area contributed by atoms with Crippen molar-refractivity contribution >= 4 is 11.6 Å². The zero-order chi connectivity index (χ0) is 10.7. The SMILES string of the molecule is Cc1cc(C(F)F)c(CCl)c(CO)n1. The molecule has 5 heteroatoms. The Balaban J connectivity index is 3.31. The van der Waals surface area contributed by atoms with Crippen molar-refractivity contribution < 1.29 is 13.9 Å². The third-order valence-electron chi connectivity index (χ3n) is 1.89. The van der Waals surface area contributed by atoms with Crippen LogP contribution in [0.25, 0.3) is 0 Å². The molecule has 78 valence electrons. The van der Waals surface area contributed by atoms with Crippen molar-refractivity contribution in [2.45, 2.75) is 25.8 Å². The maximum Gasteiger partial charge on any atom is 0.264 e. The van der Waals surface area contributed by atoms with Crippen LogP contribution < -0.4 is 0 Å². The van der Waals surface area contributed by atoms with Gasteiger partial charge in [-0.2, -0.15) is 0 Å². The summed E-state index contributed by atoms with van der Waals surface area (Å²) in [4.78, 5) is 3.94. The zero-order valence-corrected chi connectivity index (χ0v) is 8.35. The second-order valence-electron chi connectivity index (χ2n) is 2.87. The van der Waals surface area contributed by atoms with E-state index in [1.807, 2.05) is 0 Å². The fraction of sp³-hybridized carbons (Fsp3) is 0.444. The Bertz CT molecular complexity index is 331. The van der Waals surface area contributed by atoms with E-state index < -0.39 is 6.43 Å². The minimum atomic E-state index is -2.59. The number of hydrogen-bond acceptors (Lipinski definition) is 2. The Morgan fingerprint density at radius 1 is 1.57 bits per heavy atom. The lowest BCUT2D eigenvalue weighted by molar-refractivity contribution is 0.149. The van der Waals surface area contributed by atoms with Gasteiger partial charge in [-0.05, 0) is 18.6 Å². The van der Waals surface area contributed by atoms with E-state index >= 15 is 0 Å². The molecule has 1 heterocycles. The summed E-state index contributed by atoms with van der Waals surface area (Å²) < 4.78 is 25.1. The molecule has 0 amide bonds. The van der Waals surface area contributed by atoms with Crippen LogP contribution in [0, 0.1) is 6.92 Å². The highest BCUT2D eigenvalue weighted by molar-refractivity contribution is 6.17. The Morgan fingerprint density at radius 3 is 2.64 bits per heavy atom. The molecule has 1 aromatic rings. The molecule has 0 fully saturated rings. The molecule has 0 unspecified atom stereocenters. The van der Waals surface area contributed by atoms with E-state index in [2.05, 4.69) is 4.98 Å². The first-order valence-corrected chi connectivity index (χ1v) is 4.57. The molecule has 0 atom stereocenters. The highest BCUT2D eigenvalue weighted by Crippen LogP contribution is 2.26. The third-order valence-corrected chi connectivity index (χ3v) is 2.16. The monoisotopic (exact) mass is 221 g/mol. The minimum absolute atomic E-state index is 0.0666. The van der Waals surface area contributed by atoms with Gasteiger partial charge >= 0.3 is 0 Å². The first-order chi connectivity index (χ1) is 6.60. The topological polar surface area (TPSA) is 33.1 Å². The number of aromatic nitrogens is 1. The number of aliphatic hydroxyl groups excluding tert-OH is 1. The molecular weight excluding hydrogens is 212 g/mol. The van der Waals surface area contributed by atoms with Gasteiger partial charge in [-0.15, -0.1) is 11.6 Å². The highest BCUT2D eigenvalue weighted by Gasteiger charge is 2.17. The number of rotatable bonds is 3. The van der Waals surface area contributed by atoms with Crippen LogP contribution in [0.5, 0.6) is 0 Å². The number of halogens is 3. The summed E-state index contributed by atoms with van der Waals surface area (Å²) in [6.45, 7) is 1.23. The fourth-order valence-corrected chi connectivity index (χ4v) is 1.58. The quantitative estimate of drug-likeness (QED) is 0.796. The van der Waals surface area contributed by atoms with E-state index in [0.29, 0.717) is 5.69 Å². The number of alkyl halides is 3. The normalized spacial score (nSPS) is 11.0. The molecule has 0 radical (unpaired) electrons. The van der Waals surface area contributed by atoms with Gasteiger partial charge in [0.05, 0.1) is 12.3 Å². The summed E-state index contributed by atoms with van der Waals surface area (Å²) in [7, 11) is 0. The molecule has 0 saturated heterocycles. The minimum Gasteiger partial charge on any atom is -0.390 e. The Morgan fingerprint density at radius 2 is 2.21 bits per heavy atom. The summed E-state index contributed by atoms with van der Waals surface area (Å²) in [5, 5.41) is 8.91. The van der Waals surface area contributed by atoms with E-state index in [1.54, 1.807) is 6.92 Å². The van der Waals surface area contributed by atoms with E-state index in [-0.39, 0.29) is 29.3 Å². The van der Waals surface area contributed by atoms with Gasteiger partial charge in [0, 0.05) is 17.1 Å². The standard InChI is InChI=1S/C9H10ClF2NO/c1-5-2-6(9(11)12)7(3-10)8(4-14)13-5/h2,9,14H,3-4H2,1H3. The van der Waals surface area contributed by atoms with Crippen molar-refractivity contribution in [3.8, 4) is 0 Å². The molecule has 1 aromatic heterocycles. The van der Waals surface area contributed by atoms with E-state index in [9.17, 15) is 8.78 Å². The number of aliphatic hydroxyl groups is 1. The van der Waals surface area contributed by atoms with Gasteiger partial charge in [0.1, 0.15) is 0 Å². The summed E-state index contributed by atoms with van der Waals surface area (Å²) >= 11 is 5.53. The van der Waals surface area contributed by atoms with Crippen molar-refractivity contribution in [2.24, 2.45) is 0 Å². The molecule has 14 heavy (non-hydrogen) atoms. The number of pyridine rings is 1. The summed E-state index contributed by atoms with van der Waals surface area (Å²) in [6, 6.07) is 1.29. The molecule has 0 bridgehead atoms. The summed E-state index contributed by atoms with van der Waals surface area (Å²) in [6.07, 6.45) is -2.59. The predicted molar refractivity (Wildman–Crippen MR) is 49.4 cm³/mol. The second kappa shape index (κ2) is 4.66. The van der Waals surface area contributed by atoms with Crippen LogP contribution in [-0.4, -0.2) is 10.1 Å². The van der Waals surface area contributed by atoms with E-state index in [1.165, 1.54) is 6.07 Å². The molecule has 2 nitrogen and oxygen atoms in total. The van der Waals surface area contributed by atoms with Crippen LogP contribution in [-0.2, 0) is 12.5 Å². The largest absolute Gasteiger partial charge is 0.390 e. The number of nitrogens with zero attached hydrogens (tertiary/aromatic N) is 1. The lowest BCUT2D eigenvalue weighted by atomic mass is 10.1. The molecular formula is C9H10ClF2NO. The average molecular weight is 222 g/mol. The Kier molecular flexibility index (Phi) is 3.77. The number of aryl methyl sites for hydroxylation is 1. The Hall–Kier alpha value is -0.740. The molecule has 0 aliphatic heterocycles. The zero-order valence-electron chi connectivity index (χ0n) is 7.60. The van der Waals surface area contributed by atoms with E-state index in [0.717, 1.165) is 0 Å². The molecule has 0 aliphatic rings. The maximum atomic E-state index is 12.5. The molecule has 1 N–H and O–H groups in total. The van der Waals surface area contributed by atoms with Gasteiger partial charge in [0.15, 0.2) is 0 Å². The van der Waals surface area contributed by atoms with Crippen LogP contribution in [0.4, 0.5) is 8.78 Å². The Labute approximate surface area is 85.5 Å². The van der Waals surface area contributed by atoms with Crippen molar-refractivity contribution in [3.05, 3.63) is 28.6 Å². The second-order valence-corrected chi connectivity index (χ2v) is 3.14. The van der Waals surface area contributed by atoms with Gasteiger partial charge in [-0.1, -0.05) is 0 Å². The van der Waals surface area contributed by atoms with Gasteiger partial charge in [-0.25, -0.2) is 8.78 Å². The highest BCUT2D eigenvalue weighted by atomic mass is 35.5. The number of hydrogen-bond donors (Lipinski definition) is 1. The van der Waals surface area contributed by atoms with Crippen LogP contribution in [0.3, 0.4) is 0 Å². The van der Waals surface area contributed by atoms with E-state index in [4.69, 9.17) is 16.7 Å². The van der Waals surface area contributed by atoms with Crippen molar-refractivity contribution in [3.63, 3.8) is 0 Å². The molecule has 0 aromatic carbocycles. The lowest BCUT2D eigenvalue weighted by Gasteiger charge is -2.11. The van der Waals surface area contributed by atoms with Gasteiger partial charge in [0.2, 0.25) is 0 Å².